The molecule has 3 aromatic rings. The number of carbonyl (C=O) groups is 3. The maximum absolute atomic E-state index is 14.7. The minimum absolute atomic E-state index is 0.0845. The summed E-state index contributed by atoms with van der Waals surface area (Å²) in [7, 11) is 1.54. The van der Waals surface area contributed by atoms with Gasteiger partial charge >= 0.3 is 0 Å². The van der Waals surface area contributed by atoms with Crippen LogP contribution in [0.25, 0.3) is 6.08 Å². The molecule has 3 aliphatic rings. The lowest BCUT2D eigenvalue weighted by Crippen LogP contribution is -2.44. The number of Topliss-reactive ketones (excluding diaryl/α,β-unsaturated/α-hetero) is 1. The van der Waals surface area contributed by atoms with Gasteiger partial charge in [-0.15, -0.1) is 0 Å². The van der Waals surface area contributed by atoms with Gasteiger partial charge in [0.25, 0.3) is 0 Å². The quantitative estimate of drug-likeness (QED) is 0.424. The summed E-state index contributed by atoms with van der Waals surface area (Å²) < 4.78 is 19.9. The third-order valence-electron chi connectivity index (χ3n) is 7.20. The van der Waals surface area contributed by atoms with Gasteiger partial charge in [0.2, 0.25) is 11.8 Å². The zero-order chi connectivity index (χ0) is 24.3. The van der Waals surface area contributed by atoms with Crippen molar-refractivity contribution in [1.29, 1.82) is 0 Å². The fraction of sp³-hybridized carbons (Fsp3) is 0.179. The first-order valence-electron chi connectivity index (χ1n) is 11.4. The van der Waals surface area contributed by atoms with Gasteiger partial charge in [-0.2, -0.15) is 0 Å². The van der Waals surface area contributed by atoms with Crippen LogP contribution in [0.2, 0.25) is 0 Å². The number of rotatable bonds is 4. The van der Waals surface area contributed by atoms with Crippen molar-refractivity contribution in [3.05, 3.63) is 102 Å². The summed E-state index contributed by atoms with van der Waals surface area (Å²) >= 11 is 0. The van der Waals surface area contributed by atoms with Crippen LogP contribution >= 0.6 is 0 Å². The van der Waals surface area contributed by atoms with Gasteiger partial charge in [-0.25, -0.2) is 9.29 Å². The van der Waals surface area contributed by atoms with Crippen LogP contribution in [-0.4, -0.2) is 35.6 Å². The van der Waals surface area contributed by atoms with Crippen molar-refractivity contribution in [1.82, 2.24) is 4.90 Å². The molecule has 4 unspecified atom stereocenters. The number of imide groups is 1. The molecule has 2 amide bonds. The van der Waals surface area contributed by atoms with Crippen LogP contribution in [0.4, 0.5) is 10.1 Å². The van der Waals surface area contributed by atoms with Gasteiger partial charge in [-0.3, -0.25) is 14.4 Å². The van der Waals surface area contributed by atoms with E-state index in [1.165, 1.54) is 18.2 Å². The second kappa shape index (κ2) is 7.91. The number of fused-ring (bicyclic) bond motifs is 5. The molecule has 3 aliphatic heterocycles. The first-order chi connectivity index (χ1) is 17.0. The number of carbonyl (C=O) groups excluding carboxylic acids is 3. The van der Waals surface area contributed by atoms with E-state index in [0.29, 0.717) is 11.3 Å². The molecule has 174 valence electrons. The van der Waals surface area contributed by atoms with Gasteiger partial charge in [0.1, 0.15) is 17.6 Å². The van der Waals surface area contributed by atoms with Crippen LogP contribution in [0.1, 0.15) is 27.5 Å². The Labute approximate surface area is 201 Å². The van der Waals surface area contributed by atoms with Crippen molar-refractivity contribution in [2.24, 2.45) is 11.8 Å². The van der Waals surface area contributed by atoms with Gasteiger partial charge in [-0.1, -0.05) is 36.4 Å². The number of ketones is 1. The highest BCUT2D eigenvalue weighted by atomic mass is 19.1. The van der Waals surface area contributed by atoms with Gasteiger partial charge < -0.3 is 9.64 Å². The Morgan fingerprint density at radius 2 is 1.57 bits per heavy atom. The highest BCUT2D eigenvalue weighted by Crippen LogP contribution is 2.53. The molecular formula is C28H21FN2O4. The normalized spacial score (nSPS) is 24.3. The maximum atomic E-state index is 14.7. The minimum Gasteiger partial charge on any atom is -0.497 e. The molecule has 2 fully saturated rings. The van der Waals surface area contributed by atoms with E-state index in [-0.39, 0.29) is 11.5 Å². The maximum Gasteiger partial charge on any atom is 0.240 e. The molecular weight excluding hydrogens is 447 g/mol. The number of para-hydroxylation sites is 1. The standard InChI is InChI=1S/C28H21FN2O4/c1-35-18-12-10-17(11-13-18)26(32)25-23-22(24-19-7-3-2-6-16(19)14-15-30(24)25)27(33)31(28(23)34)21-9-5-4-8-20(21)29/h2-15,22-25H,1H3. The third-order valence-corrected chi connectivity index (χ3v) is 7.20. The zero-order valence-corrected chi connectivity index (χ0v) is 18.8. The average Bonchev–Trinajstić information content (AvgIpc) is 3.36. The van der Waals surface area contributed by atoms with Crippen molar-refractivity contribution in [2.45, 2.75) is 12.1 Å². The van der Waals surface area contributed by atoms with Crippen LogP contribution in [0.5, 0.6) is 5.75 Å². The number of hydrogen-bond acceptors (Lipinski definition) is 5. The number of halogens is 1. The van der Waals surface area contributed by atoms with E-state index in [4.69, 9.17) is 4.74 Å². The van der Waals surface area contributed by atoms with Crippen LogP contribution < -0.4 is 9.64 Å². The minimum atomic E-state index is -0.947. The molecule has 0 aliphatic carbocycles. The fourth-order valence-corrected chi connectivity index (χ4v) is 5.65. The number of anilines is 1. The van der Waals surface area contributed by atoms with E-state index in [9.17, 15) is 18.8 Å². The van der Waals surface area contributed by atoms with Gasteiger partial charge in [-0.05, 0) is 53.6 Å². The summed E-state index contributed by atoms with van der Waals surface area (Å²) in [5, 5.41) is 0. The largest absolute Gasteiger partial charge is 0.497 e. The third kappa shape index (κ3) is 3.04. The molecule has 3 heterocycles. The molecule has 6 nitrogen and oxygen atoms in total. The molecule has 0 N–H and O–H groups in total. The van der Waals surface area contributed by atoms with Crippen molar-refractivity contribution >= 4 is 29.4 Å². The van der Waals surface area contributed by atoms with Gasteiger partial charge in [0.05, 0.1) is 30.7 Å². The Morgan fingerprint density at radius 3 is 2.31 bits per heavy atom. The van der Waals surface area contributed by atoms with E-state index in [2.05, 4.69) is 0 Å². The first-order valence-corrected chi connectivity index (χ1v) is 11.4. The molecule has 0 radical (unpaired) electrons. The lowest BCUT2D eigenvalue weighted by atomic mass is 9.83. The predicted octanol–water partition coefficient (Wildman–Crippen LogP) is 4.23. The monoisotopic (exact) mass is 468 g/mol. The van der Waals surface area contributed by atoms with Crippen molar-refractivity contribution in [3.8, 4) is 5.75 Å². The molecule has 0 bridgehead atoms. The summed E-state index contributed by atoms with van der Waals surface area (Å²) in [6.45, 7) is 0. The molecule has 3 aromatic carbocycles. The summed E-state index contributed by atoms with van der Waals surface area (Å²) in [4.78, 5) is 44.1. The lowest BCUT2D eigenvalue weighted by molar-refractivity contribution is -0.123. The Morgan fingerprint density at radius 1 is 0.886 bits per heavy atom. The van der Waals surface area contributed by atoms with Crippen LogP contribution in [-0.2, 0) is 9.59 Å². The Kier molecular flexibility index (Phi) is 4.81. The second-order valence-corrected chi connectivity index (χ2v) is 8.89. The molecule has 6 rings (SSSR count). The number of methoxy groups -OCH3 is 1. The van der Waals surface area contributed by atoms with Crippen LogP contribution in [0, 0.1) is 17.7 Å². The number of hydrogen-bond donors (Lipinski definition) is 0. The van der Waals surface area contributed by atoms with E-state index < -0.39 is 41.6 Å². The summed E-state index contributed by atoms with van der Waals surface area (Å²) in [5.74, 6) is -3.14. The number of benzene rings is 3. The molecule has 0 saturated carbocycles. The van der Waals surface area contributed by atoms with Gasteiger partial charge in [0.15, 0.2) is 5.78 Å². The van der Waals surface area contributed by atoms with E-state index >= 15 is 0 Å². The SMILES string of the molecule is COc1ccc(C(=O)C2C3C(=O)N(c4ccccc4F)C(=O)C3C3c4ccccc4C=CN23)cc1. The Balaban J connectivity index is 1.49. The molecule has 0 aromatic heterocycles. The lowest BCUT2D eigenvalue weighted by Gasteiger charge is -2.35. The van der Waals surface area contributed by atoms with E-state index in [0.717, 1.165) is 16.0 Å². The zero-order valence-electron chi connectivity index (χ0n) is 18.8. The van der Waals surface area contributed by atoms with Crippen LogP contribution in [0.3, 0.4) is 0 Å². The average molecular weight is 468 g/mol. The number of nitrogens with zero attached hydrogens (tertiary/aromatic N) is 2. The van der Waals surface area contributed by atoms with Crippen molar-refractivity contribution < 1.29 is 23.5 Å². The van der Waals surface area contributed by atoms with Crippen molar-refractivity contribution in [3.63, 3.8) is 0 Å². The number of amides is 2. The molecule has 2 saturated heterocycles. The van der Waals surface area contributed by atoms with Crippen molar-refractivity contribution in [2.75, 3.05) is 12.0 Å². The fourth-order valence-electron chi connectivity index (χ4n) is 5.65. The summed E-state index contributed by atoms with van der Waals surface area (Å²) in [6.07, 6.45) is 3.69. The Hall–Kier alpha value is -4.26. The number of ether oxygens (including phenoxy) is 1. The summed E-state index contributed by atoms with van der Waals surface area (Å²) in [6, 6.07) is 18.6. The molecule has 0 spiro atoms. The van der Waals surface area contributed by atoms with Crippen LogP contribution in [0.15, 0.2) is 79.0 Å². The van der Waals surface area contributed by atoms with E-state index in [1.54, 1.807) is 43.6 Å². The second-order valence-electron chi connectivity index (χ2n) is 8.89. The first kappa shape index (κ1) is 21.3. The molecule has 35 heavy (non-hydrogen) atoms. The molecule has 7 heteroatoms. The highest BCUT2D eigenvalue weighted by Gasteiger charge is 2.64. The predicted molar refractivity (Wildman–Crippen MR) is 127 cm³/mol. The molecule has 4 atom stereocenters. The topological polar surface area (TPSA) is 66.9 Å². The van der Waals surface area contributed by atoms with Gasteiger partial charge in [0, 0.05) is 11.8 Å². The Bertz CT molecular complexity index is 1400. The van der Waals surface area contributed by atoms with E-state index in [1.807, 2.05) is 35.2 Å². The summed E-state index contributed by atoms with van der Waals surface area (Å²) in [5.41, 5.74) is 2.12. The highest BCUT2D eigenvalue weighted by molar-refractivity contribution is 6.24. The smallest absolute Gasteiger partial charge is 0.240 e.